The number of hydrogen-bond acceptors (Lipinski definition) is 4. The Morgan fingerprint density at radius 1 is 1.36 bits per heavy atom. The van der Waals surface area contributed by atoms with Gasteiger partial charge in [0, 0.05) is 0 Å². The molecule has 0 amide bonds. The van der Waals surface area contributed by atoms with Crippen molar-refractivity contribution in [2.24, 2.45) is 5.73 Å². The summed E-state index contributed by atoms with van der Waals surface area (Å²) in [6, 6.07) is -1.71. The third-order valence-corrected chi connectivity index (χ3v) is 1.82. The van der Waals surface area contributed by atoms with Crippen LogP contribution in [0.2, 0.25) is 0 Å². The Kier molecular flexibility index (Phi) is 5.82. The van der Waals surface area contributed by atoms with E-state index in [1.165, 1.54) is 6.92 Å². The van der Waals surface area contributed by atoms with Crippen LogP contribution in [-0.4, -0.2) is 40.8 Å². The normalized spacial score (nSPS) is 14.7. The Morgan fingerprint density at radius 3 is 2.29 bits per heavy atom. The van der Waals surface area contributed by atoms with Gasteiger partial charge >= 0.3 is 11.9 Å². The van der Waals surface area contributed by atoms with E-state index in [0.29, 0.717) is 19.4 Å². The van der Waals surface area contributed by atoms with Gasteiger partial charge in [-0.1, -0.05) is 0 Å². The molecule has 2 atom stereocenters. The van der Waals surface area contributed by atoms with Crippen LogP contribution >= 0.6 is 0 Å². The molecule has 82 valence electrons. The lowest BCUT2D eigenvalue weighted by atomic mass is 10.1. The largest absolute Gasteiger partial charge is 0.480 e. The molecule has 0 aromatic heterocycles. The summed E-state index contributed by atoms with van der Waals surface area (Å²) < 4.78 is 0. The fourth-order valence-electron chi connectivity index (χ4n) is 0.973. The van der Waals surface area contributed by atoms with Crippen molar-refractivity contribution < 1.29 is 19.8 Å². The summed E-state index contributed by atoms with van der Waals surface area (Å²) in [4.78, 5) is 21.1. The number of carbonyl (C=O) groups is 2. The lowest BCUT2D eigenvalue weighted by molar-refractivity contribution is -0.142. The highest BCUT2D eigenvalue weighted by Crippen LogP contribution is 1.98. The molecule has 0 unspecified atom stereocenters. The highest BCUT2D eigenvalue weighted by atomic mass is 16.4. The Balaban J connectivity index is 4.08. The zero-order valence-corrected chi connectivity index (χ0v) is 8.06. The summed E-state index contributed by atoms with van der Waals surface area (Å²) in [5.74, 6) is -2.12. The maximum absolute atomic E-state index is 10.7. The molecule has 0 saturated carbocycles. The molecule has 5 N–H and O–H groups in total. The third kappa shape index (κ3) is 4.78. The predicted molar refractivity (Wildman–Crippen MR) is 49.9 cm³/mol. The minimum Gasteiger partial charge on any atom is -0.480 e. The lowest BCUT2D eigenvalue weighted by Crippen LogP contribution is -2.45. The summed E-state index contributed by atoms with van der Waals surface area (Å²) >= 11 is 0. The molecule has 0 aliphatic rings. The van der Waals surface area contributed by atoms with Crippen LogP contribution < -0.4 is 11.1 Å². The number of rotatable bonds is 7. The summed E-state index contributed by atoms with van der Waals surface area (Å²) in [6.07, 6.45) is 0.889. The van der Waals surface area contributed by atoms with Crippen LogP contribution in [0.4, 0.5) is 0 Å². The van der Waals surface area contributed by atoms with Crippen molar-refractivity contribution >= 4 is 11.9 Å². The van der Waals surface area contributed by atoms with E-state index in [-0.39, 0.29) is 0 Å². The van der Waals surface area contributed by atoms with Gasteiger partial charge in [0.2, 0.25) is 0 Å². The van der Waals surface area contributed by atoms with Crippen LogP contribution in [0.3, 0.4) is 0 Å². The number of carboxylic acids is 2. The van der Waals surface area contributed by atoms with E-state index in [0.717, 1.165) is 0 Å². The average molecular weight is 204 g/mol. The number of aliphatic carboxylic acids is 2. The van der Waals surface area contributed by atoms with Crippen LogP contribution in [0.5, 0.6) is 0 Å². The van der Waals surface area contributed by atoms with Crippen molar-refractivity contribution in [3.05, 3.63) is 0 Å². The van der Waals surface area contributed by atoms with Crippen molar-refractivity contribution in [3.8, 4) is 0 Å². The zero-order chi connectivity index (χ0) is 11.1. The lowest BCUT2D eigenvalue weighted by Gasteiger charge is -2.16. The Hall–Kier alpha value is -1.14. The average Bonchev–Trinajstić information content (AvgIpc) is 2.10. The van der Waals surface area contributed by atoms with E-state index in [4.69, 9.17) is 15.9 Å². The molecule has 6 heteroatoms. The van der Waals surface area contributed by atoms with Gasteiger partial charge in [0.05, 0.1) is 0 Å². The van der Waals surface area contributed by atoms with Gasteiger partial charge in [-0.15, -0.1) is 0 Å². The number of nitrogens with two attached hydrogens (primary N) is 1. The van der Waals surface area contributed by atoms with Gasteiger partial charge in [0.25, 0.3) is 0 Å². The fourth-order valence-corrected chi connectivity index (χ4v) is 0.973. The van der Waals surface area contributed by atoms with Crippen LogP contribution in [-0.2, 0) is 9.59 Å². The molecule has 0 bridgehead atoms. The first-order valence-corrected chi connectivity index (χ1v) is 4.40. The number of carboxylic acid groups (broad SMARTS) is 2. The molecular formula is C8H16N2O4. The molecular weight excluding hydrogens is 188 g/mol. The molecule has 0 radical (unpaired) electrons. The van der Waals surface area contributed by atoms with Crippen molar-refractivity contribution in [2.45, 2.75) is 31.8 Å². The van der Waals surface area contributed by atoms with E-state index >= 15 is 0 Å². The molecule has 14 heavy (non-hydrogen) atoms. The Labute approximate surface area is 82.1 Å². The van der Waals surface area contributed by atoms with E-state index in [1.54, 1.807) is 0 Å². The molecule has 0 aliphatic carbocycles. The topological polar surface area (TPSA) is 113 Å². The smallest absolute Gasteiger partial charge is 0.320 e. The van der Waals surface area contributed by atoms with Crippen LogP contribution in [0.15, 0.2) is 0 Å². The molecule has 0 rings (SSSR count). The zero-order valence-electron chi connectivity index (χ0n) is 8.06. The molecule has 0 fully saturated rings. The van der Waals surface area contributed by atoms with Gasteiger partial charge in [-0.25, -0.2) is 0 Å². The van der Waals surface area contributed by atoms with Crippen LogP contribution in [0.25, 0.3) is 0 Å². The monoisotopic (exact) mass is 204 g/mol. The quantitative estimate of drug-likeness (QED) is 0.433. The second-order valence-corrected chi connectivity index (χ2v) is 3.05. The predicted octanol–water partition coefficient (Wildman–Crippen LogP) is -0.759. The second kappa shape index (κ2) is 6.33. The highest BCUT2D eigenvalue weighted by molar-refractivity contribution is 5.77. The minimum atomic E-state index is -1.07. The van der Waals surface area contributed by atoms with Crippen molar-refractivity contribution in [2.75, 3.05) is 6.54 Å². The maximum atomic E-state index is 10.7. The van der Waals surface area contributed by atoms with Crippen LogP contribution in [0.1, 0.15) is 19.8 Å². The van der Waals surface area contributed by atoms with E-state index in [9.17, 15) is 9.59 Å². The van der Waals surface area contributed by atoms with Crippen molar-refractivity contribution in [3.63, 3.8) is 0 Å². The van der Waals surface area contributed by atoms with Gasteiger partial charge in [0.1, 0.15) is 12.1 Å². The molecule has 0 aromatic rings. The maximum Gasteiger partial charge on any atom is 0.320 e. The van der Waals surface area contributed by atoms with E-state index in [1.807, 2.05) is 0 Å². The minimum absolute atomic E-state index is 0.337. The van der Waals surface area contributed by atoms with E-state index < -0.39 is 24.0 Å². The number of nitrogens with one attached hydrogen (secondary N) is 1. The molecule has 0 heterocycles. The van der Waals surface area contributed by atoms with E-state index in [2.05, 4.69) is 5.32 Å². The van der Waals surface area contributed by atoms with Gasteiger partial charge in [-0.3, -0.25) is 14.9 Å². The fraction of sp³-hybridized carbons (Fsp3) is 0.750. The van der Waals surface area contributed by atoms with Crippen molar-refractivity contribution in [1.29, 1.82) is 0 Å². The van der Waals surface area contributed by atoms with Crippen LogP contribution in [0, 0.1) is 0 Å². The summed E-state index contributed by atoms with van der Waals surface area (Å²) in [6.45, 7) is 1.80. The van der Waals surface area contributed by atoms with Crippen molar-refractivity contribution in [1.82, 2.24) is 5.32 Å². The summed E-state index contributed by atoms with van der Waals surface area (Å²) in [7, 11) is 0. The Bertz CT molecular complexity index is 208. The standard InChI is InChI=1S/C8H16N2O4/c1-5(7(11)12)10-6(8(13)14)3-2-4-9/h5-6,10H,2-4,9H2,1H3,(H,11,12)(H,13,14)/t5-,6-/m1/s1. The summed E-state index contributed by atoms with van der Waals surface area (Å²) in [5.41, 5.74) is 5.23. The molecule has 0 spiro atoms. The Morgan fingerprint density at radius 2 is 1.93 bits per heavy atom. The van der Waals surface area contributed by atoms with Gasteiger partial charge in [0.15, 0.2) is 0 Å². The SMILES string of the molecule is C[C@@H](N[C@H](CCCN)C(=O)O)C(=O)O. The number of hydrogen-bond donors (Lipinski definition) is 4. The van der Waals surface area contributed by atoms with Gasteiger partial charge < -0.3 is 15.9 Å². The molecule has 0 saturated heterocycles. The van der Waals surface area contributed by atoms with Gasteiger partial charge in [-0.2, -0.15) is 0 Å². The first kappa shape index (κ1) is 12.9. The first-order valence-electron chi connectivity index (χ1n) is 4.40. The van der Waals surface area contributed by atoms with Gasteiger partial charge in [-0.05, 0) is 26.3 Å². The summed E-state index contributed by atoms with van der Waals surface area (Å²) in [5, 5.41) is 19.8. The molecule has 0 aromatic carbocycles. The molecule has 6 nitrogen and oxygen atoms in total. The first-order chi connectivity index (χ1) is 6.49. The second-order valence-electron chi connectivity index (χ2n) is 3.05. The third-order valence-electron chi connectivity index (χ3n) is 1.82. The highest BCUT2D eigenvalue weighted by Gasteiger charge is 2.21. The molecule has 0 aliphatic heterocycles.